The van der Waals surface area contributed by atoms with Crippen LogP contribution in [0.2, 0.25) is 0 Å². The van der Waals surface area contributed by atoms with E-state index < -0.39 is 10.3 Å². The molecule has 56 valence electrons. The Kier molecular flexibility index (Phi) is 3.55. The van der Waals surface area contributed by atoms with Crippen LogP contribution >= 0.6 is 23.2 Å². The zero-order valence-corrected chi connectivity index (χ0v) is 6.87. The van der Waals surface area contributed by atoms with Crippen LogP contribution in [0.15, 0.2) is 0 Å². The number of esters is 1. The van der Waals surface area contributed by atoms with Gasteiger partial charge in [0.25, 0.3) is 0 Å². The molecule has 0 spiro atoms. The van der Waals surface area contributed by atoms with Gasteiger partial charge in [0.05, 0.1) is 0 Å². The molecule has 0 unspecified atom stereocenters. The van der Waals surface area contributed by atoms with Gasteiger partial charge in [-0.05, 0) is 6.92 Å². The van der Waals surface area contributed by atoms with Crippen LogP contribution in [0.5, 0.6) is 0 Å². The van der Waals surface area contributed by atoms with Crippen molar-refractivity contribution >= 4 is 29.2 Å². The molecule has 0 aliphatic rings. The van der Waals surface area contributed by atoms with Crippen LogP contribution in [0.25, 0.3) is 0 Å². The number of carbonyl (C=O) groups is 1. The highest BCUT2D eigenvalue weighted by molar-refractivity contribution is 6.57. The van der Waals surface area contributed by atoms with Gasteiger partial charge < -0.3 is 4.74 Å². The molecule has 0 bridgehead atoms. The molecule has 0 rings (SSSR count). The van der Waals surface area contributed by atoms with Crippen LogP contribution in [0.3, 0.4) is 0 Å². The quantitative estimate of drug-likeness (QED) is 0.365. The topological polar surface area (TPSA) is 26.3 Å². The summed E-state index contributed by atoms with van der Waals surface area (Å²) in [4.78, 5) is 10.6. The summed E-state index contributed by atoms with van der Waals surface area (Å²) in [5.74, 6) is 1.38. The van der Waals surface area contributed by atoms with Crippen molar-refractivity contribution in [2.45, 2.75) is 11.3 Å². The van der Waals surface area contributed by atoms with E-state index >= 15 is 0 Å². The monoisotopic (exact) mass is 180 g/mol. The molecule has 0 aliphatic heterocycles. The number of alkyl halides is 2. The summed E-state index contributed by atoms with van der Waals surface area (Å²) in [6.07, 6.45) is 4.81. The average Bonchev–Trinajstić information content (AvgIpc) is 1.80. The molecule has 0 radical (unpaired) electrons. The van der Waals surface area contributed by atoms with Crippen molar-refractivity contribution in [1.82, 2.24) is 0 Å². The van der Waals surface area contributed by atoms with E-state index in [0.29, 0.717) is 0 Å². The molecule has 0 fully saturated rings. The van der Waals surface area contributed by atoms with E-state index in [9.17, 15) is 4.79 Å². The zero-order chi connectivity index (χ0) is 8.20. The van der Waals surface area contributed by atoms with Gasteiger partial charge in [-0.25, -0.2) is 4.79 Å². The fourth-order valence-corrected chi connectivity index (χ4v) is 0.343. The van der Waals surface area contributed by atoms with Gasteiger partial charge in [-0.3, -0.25) is 0 Å². The van der Waals surface area contributed by atoms with Gasteiger partial charge in [0.15, 0.2) is 6.61 Å². The number of halogens is 2. The number of carbonyl (C=O) groups excluding carboxylic acids is 1. The molecular weight excluding hydrogens is 175 g/mol. The number of ether oxygens (including phenoxy) is 1. The molecule has 4 heteroatoms. The second-order valence-corrected chi connectivity index (χ2v) is 3.37. The highest BCUT2D eigenvalue weighted by Gasteiger charge is 2.28. The van der Waals surface area contributed by atoms with Crippen molar-refractivity contribution in [3.8, 4) is 12.3 Å². The molecule has 0 saturated carbocycles. The van der Waals surface area contributed by atoms with Crippen molar-refractivity contribution in [3.05, 3.63) is 0 Å². The molecule has 0 amide bonds. The highest BCUT2D eigenvalue weighted by atomic mass is 35.5. The molecule has 0 N–H and O–H groups in total. The summed E-state index contributed by atoms with van der Waals surface area (Å²) >= 11 is 10.7. The van der Waals surface area contributed by atoms with Gasteiger partial charge in [0.1, 0.15) is 0 Å². The maximum atomic E-state index is 10.6. The number of hydrogen-bond acceptors (Lipinski definition) is 2. The molecule has 0 heterocycles. The van der Waals surface area contributed by atoms with Gasteiger partial charge in [0, 0.05) is 0 Å². The van der Waals surface area contributed by atoms with Crippen LogP contribution in [0.1, 0.15) is 6.92 Å². The number of hydrogen-bond donors (Lipinski definition) is 0. The second kappa shape index (κ2) is 3.70. The van der Waals surface area contributed by atoms with Gasteiger partial charge >= 0.3 is 5.97 Å². The van der Waals surface area contributed by atoms with E-state index in [0.717, 1.165) is 0 Å². The Labute approximate surface area is 69.4 Å². The molecule has 0 aromatic rings. The Morgan fingerprint density at radius 3 is 2.60 bits per heavy atom. The molecule has 0 atom stereocenters. The third kappa shape index (κ3) is 3.60. The summed E-state index contributed by atoms with van der Waals surface area (Å²) in [6, 6.07) is 0. The van der Waals surface area contributed by atoms with E-state index in [4.69, 9.17) is 29.6 Å². The third-order valence-corrected chi connectivity index (χ3v) is 0.954. The van der Waals surface area contributed by atoms with Crippen LogP contribution < -0.4 is 0 Å². The van der Waals surface area contributed by atoms with Gasteiger partial charge in [-0.1, -0.05) is 29.1 Å². The zero-order valence-electron chi connectivity index (χ0n) is 5.36. The van der Waals surface area contributed by atoms with E-state index in [1.165, 1.54) is 6.92 Å². The van der Waals surface area contributed by atoms with Crippen LogP contribution in [-0.2, 0) is 9.53 Å². The van der Waals surface area contributed by atoms with E-state index in [1.54, 1.807) is 0 Å². The fraction of sp³-hybridized carbons (Fsp3) is 0.500. The first kappa shape index (κ1) is 9.61. The Morgan fingerprint density at radius 2 is 2.30 bits per heavy atom. The molecular formula is C6H6Cl2O2. The van der Waals surface area contributed by atoms with Gasteiger partial charge in [-0.2, -0.15) is 0 Å². The lowest BCUT2D eigenvalue weighted by atomic mass is 10.5. The van der Waals surface area contributed by atoms with Gasteiger partial charge in [0.2, 0.25) is 4.33 Å². The van der Waals surface area contributed by atoms with Crippen LogP contribution in [-0.4, -0.2) is 16.9 Å². The summed E-state index contributed by atoms with van der Waals surface area (Å²) in [7, 11) is 0. The fourth-order valence-electron chi connectivity index (χ4n) is 0.234. The number of terminal acetylenes is 1. The predicted octanol–water partition coefficient (Wildman–Crippen LogP) is 1.36. The smallest absolute Gasteiger partial charge is 0.343 e. The molecule has 0 aromatic carbocycles. The lowest BCUT2D eigenvalue weighted by Gasteiger charge is -2.09. The Hall–Kier alpha value is -0.390. The SMILES string of the molecule is C#CCOC(=O)C(C)(Cl)Cl. The summed E-state index contributed by atoms with van der Waals surface area (Å²) in [6.45, 7) is 1.21. The maximum absolute atomic E-state index is 10.6. The van der Waals surface area contributed by atoms with E-state index in [1.807, 2.05) is 0 Å². The van der Waals surface area contributed by atoms with Crippen molar-refractivity contribution < 1.29 is 9.53 Å². The molecule has 2 nitrogen and oxygen atoms in total. The van der Waals surface area contributed by atoms with Gasteiger partial charge in [-0.15, -0.1) is 6.42 Å². The molecule has 0 aliphatic carbocycles. The van der Waals surface area contributed by atoms with Crippen molar-refractivity contribution in [2.75, 3.05) is 6.61 Å². The molecule has 0 saturated heterocycles. The largest absolute Gasteiger partial charge is 0.450 e. The Morgan fingerprint density at radius 1 is 1.80 bits per heavy atom. The lowest BCUT2D eigenvalue weighted by Crippen LogP contribution is -2.24. The third-order valence-electron chi connectivity index (χ3n) is 0.645. The molecule has 10 heavy (non-hydrogen) atoms. The minimum Gasteiger partial charge on any atom is -0.450 e. The van der Waals surface area contributed by atoms with Crippen molar-refractivity contribution in [3.63, 3.8) is 0 Å². The Balaban J connectivity index is 3.78. The van der Waals surface area contributed by atoms with E-state index in [-0.39, 0.29) is 6.61 Å². The first-order chi connectivity index (χ1) is 4.48. The van der Waals surface area contributed by atoms with Crippen molar-refractivity contribution in [1.29, 1.82) is 0 Å². The summed E-state index contributed by atoms with van der Waals surface area (Å²) < 4.78 is 2.91. The first-order valence-electron chi connectivity index (χ1n) is 2.47. The minimum atomic E-state index is -1.50. The predicted molar refractivity (Wildman–Crippen MR) is 39.9 cm³/mol. The summed E-state index contributed by atoms with van der Waals surface area (Å²) in [5.41, 5.74) is 0. The minimum absolute atomic E-state index is 0.103. The standard InChI is InChI=1S/C6H6Cl2O2/c1-3-4-10-5(9)6(2,7)8/h1H,4H2,2H3. The first-order valence-corrected chi connectivity index (χ1v) is 3.22. The normalized spacial score (nSPS) is 10.2. The Bertz CT molecular complexity index is 164. The van der Waals surface area contributed by atoms with Crippen molar-refractivity contribution in [2.24, 2.45) is 0 Å². The van der Waals surface area contributed by atoms with Crippen LogP contribution in [0, 0.1) is 12.3 Å². The second-order valence-electron chi connectivity index (χ2n) is 1.67. The molecule has 0 aromatic heterocycles. The summed E-state index contributed by atoms with van der Waals surface area (Å²) in [5, 5.41) is 0. The lowest BCUT2D eigenvalue weighted by molar-refractivity contribution is -0.142. The maximum Gasteiger partial charge on any atom is 0.343 e. The number of rotatable bonds is 2. The highest BCUT2D eigenvalue weighted by Crippen LogP contribution is 2.20. The van der Waals surface area contributed by atoms with E-state index in [2.05, 4.69) is 10.7 Å². The average molecular weight is 181 g/mol. The van der Waals surface area contributed by atoms with Crippen LogP contribution in [0.4, 0.5) is 0 Å².